The Hall–Kier alpha value is -0.670. The molecule has 0 spiro atoms. The van der Waals surface area contributed by atoms with Gasteiger partial charge in [0, 0.05) is 34.9 Å². The highest BCUT2D eigenvalue weighted by Crippen LogP contribution is 2.41. The third kappa shape index (κ3) is 3.26. The first-order valence-electron chi connectivity index (χ1n) is 7.07. The summed E-state index contributed by atoms with van der Waals surface area (Å²) in [5, 5.41) is 3.81. The predicted molar refractivity (Wildman–Crippen MR) is 83.0 cm³/mol. The van der Waals surface area contributed by atoms with E-state index in [0.29, 0.717) is 6.04 Å². The summed E-state index contributed by atoms with van der Waals surface area (Å²) in [5.74, 6) is 0. The van der Waals surface area contributed by atoms with Crippen LogP contribution in [0.3, 0.4) is 0 Å². The van der Waals surface area contributed by atoms with E-state index in [1.807, 2.05) is 6.92 Å². The molecule has 106 valence electrons. The van der Waals surface area contributed by atoms with Crippen molar-refractivity contribution in [2.45, 2.75) is 50.3 Å². The maximum Gasteiger partial charge on any atom is 0.0441 e. The van der Waals surface area contributed by atoms with E-state index in [2.05, 4.69) is 43.4 Å². The van der Waals surface area contributed by atoms with E-state index in [-0.39, 0.29) is 10.7 Å². The number of hydrogen-bond donors (Lipinski definition) is 1. The van der Waals surface area contributed by atoms with Crippen molar-refractivity contribution in [2.24, 2.45) is 0 Å². The zero-order valence-electron chi connectivity index (χ0n) is 12.4. The van der Waals surface area contributed by atoms with Crippen molar-refractivity contribution in [1.82, 2.24) is 5.32 Å². The zero-order valence-corrected chi connectivity index (χ0v) is 13.2. The first-order chi connectivity index (χ1) is 8.92. The molecule has 1 aliphatic rings. The summed E-state index contributed by atoms with van der Waals surface area (Å²) >= 11 is 0. The van der Waals surface area contributed by atoms with Gasteiger partial charge < -0.3 is 5.32 Å². The maximum absolute atomic E-state index is 11.4. The molecule has 0 heterocycles. The van der Waals surface area contributed by atoms with E-state index in [1.165, 1.54) is 17.5 Å². The van der Waals surface area contributed by atoms with Crippen LogP contribution in [-0.2, 0) is 16.2 Å². The fraction of sp³-hybridized carbons (Fsp3) is 0.625. The number of nitrogens with one attached hydrogen (secondary N) is 1. The Morgan fingerprint density at radius 3 is 2.79 bits per heavy atom. The summed E-state index contributed by atoms with van der Waals surface area (Å²) in [4.78, 5) is 0. The average molecular weight is 279 g/mol. The van der Waals surface area contributed by atoms with Gasteiger partial charge in [0.15, 0.2) is 0 Å². The first kappa shape index (κ1) is 14.7. The smallest absolute Gasteiger partial charge is 0.0441 e. The molecule has 3 heteroatoms. The second-order valence-electron chi connectivity index (χ2n) is 6.28. The van der Waals surface area contributed by atoms with Crippen LogP contribution in [0.5, 0.6) is 0 Å². The van der Waals surface area contributed by atoms with Gasteiger partial charge in [0.2, 0.25) is 0 Å². The molecular weight excluding hydrogens is 254 g/mol. The van der Waals surface area contributed by atoms with Crippen molar-refractivity contribution in [3.8, 4) is 0 Å². The monoisotopic (exact) mass is 279 g/mol. The SMILES string of the molecule is CC(CNC1CCC(C)(C)c2ccccc21)S(C)=O. The third-order valence-electron chi connectivity index (χ3n) is 4.34. The highest BCUT2D eigenvalue weighted by molar-refractivity contribution is 7.84. The third-order valence-corrected chi connectivity index (χ3v) is 5.64. The highest BCUT2D eigenvalue weighted by Gasteiger charge is 2.32. The van der Waals surface area contributed by atoms with Gasteiger partial charge in [0.05, 0.1) is 0 Å². The summed E-state index contributed by atoms with van der Waals surface area (Å²) < 4.78 is 11.4. The number of hydrogen-bond acceptors (Lipinski definition) is 2. The molecule has 0 saturated carbocycles. The molecule has 0 bridgehead atoms. The van der Waals surface area contributed by atoms with Gasteiger partial charge in [0.25, 0.3) is 0 Å². The average Bonchev–Trinajstić information content (AvgIpc) is 2.37. The summed E-state index contributed by atoms with van der Waals surface area (Å²) in [6.45, 7) is 7.52. The molecule has 1 aromatic carbocycles. The first-order valence-corrected chi connectivity index (χ1v) is 8.69. The van der Waals surface area contributed by atoms with Crippen molar-refractivity contribution in [2.75, 3.05) is 12.8 Å². The van der Waals surface area contributed by atoms with Gasteiger partial charge in [-0.3, -0.25) is 4.21 Å². The fourth-order valence-corrected chi connectivity index (χ4v) is 3.18. The molecule has 1 aliphatic carbocycles. The second-order valence-corrected chi connectivity index (χ2v) is 8.08. The van der Waals surface area contributed by atoms with Gasteiger partial charge in [-0.2, -0.15) is 0 Å². The number of rotatable bonds is 4. The van der Waals surface area contributed by atoms with Crippen molar-refractivity contribution in [3.05, 3.63) is 35.4 Å². The fourth-order valence-electron chi connectivity index (χ4n) is 2.85. The molecule has 2 rings (SSSR count). The lowest BCUT2D eigenvalue weighted by Crippen LogP contribution is -2.36. The topological polar surface area (TPSA) is 29.1 Å². The molecule has 0 fully saturated rings. The van der Waals surface area contributed by atoms with E-state index < -0.39 is 10.8 Å². The molecule has 0 amide bonds. The molecule has 0 saturated heterocycles. The standard InChI is InChI=1S/C16H25NOS/c1-12(19(4)18)11-17-15-9-10-16(2,3)14-8-6-5-7-13(14)15/h5-8,12,15,17H,9-11H2,1-4H3. The second kappa shape index (κ2) is 5.76. The normalized spacial score (nSPS) is 24.5. The summed E-state index contributed by atoms with van der Waals surface area (Å²) in [7, 11) is -0.750. The van der Waals surface area contributed by atoms with Gasteiger partial charge in [0.1, 0.15) is 0 Å². The summed E-state index contributed by atoms with van der Waals surface area (Å²) in [5.41, 5.74) is 3.16. The van der Waals surface area contributed by atoms with E-state index in [4.69, 9.17) is 0 Å². The molecule has 0 aliphatic heterocycles. The predicted octanol–water partition coefficient (Wildman–Crippen LogP) is 3.16. The Balaban J connectivity index is 2.14. The number of fused-ring (bicyclic) bond motifs is 1. The Labute approximate surface area is 119 Å². The van der Waals surface area contributed by atoms with Crippen molar-refractivity contribution in [1.29, 1.82) is 0 Å². The number of benzene rings is 1. The van der Waals surface area contributed by atoms with Crippen molar-refractivity contribution in [3.63, 3.8) is 0 Å². The molecule has 19 heavy (non-hydrogen) atoms. The van der Waals surface area contributed by atoms with Gasteiger partial charge in [-0.25, -0.2) is 0 Å². The van der Waals surface area contributed by atoms with Crippen LogP contribution in [0.15, 0.2) is 24.3 Å². The Kier molecular flexibility index (Phi) is 4.46. The van der Waals surface area contributed by atoms with Gasteiger partial charge in [-0.1, -0.05) is 38.1 Å². The largest absolute Gasteiger partial charge is 0.309 e. The summed E-state index contributed by atoms with van der Waals surface area (Å²) in [6, 6.07) is 9.16. The van der Waals surface area contributed by atoms with Crippen molar-refractivity contribution >= 4 is 10.8 Å². The van der Waals surface area contributed by atoms with Crippen molar-refractivity contribution < 1.29 is 4.21 Å². The summed E-state index contributed by atoms with van der Waals surface area (Å²) in [6.07, 6.45) is 4.14. The Bertz CT molecular complexity index is 470. The van der Waals surface area contributed by atoms with Crippen LogP contribution in [0, 0.1) is 0 Å². The Morgan fingerprint density at radius 2 is 2.11 bits per heavy atom. The van der Waals surface area contributed by atoms with Gasteiger partial charge in [-0.05, 0) is 36.3 Å². The van der Waals surface area contributed by atoms with Crippen LogP contribution < -0.4 is 5.32 Å². The van der Waals surface area contributed by atoms with Crippen LogP contribution in [0.1, 0.15) is 50.8 Å². The minimum atomic E-state index is -0.750. The lowest BCUT2D eigenvalue weighted by molar-refractivity contribution is 0.359. The highest BCUT2D eigenvalue weighted by atomic mass is 32.2. The molecule has 3 unspecified atom stereocenters. The van der Waals surface area contributed by atoms with E-state index in [9.17, 15) is 4.21 Å². The van der Waals surface area contributed by atoms with Crippen LogP contribution in [0.4, 0.5) is 0 Å². The van der Waals surface area contributed by atoms with Gasteiger partial charge >= 0.3 is 0 Å². The molecule has 1 N–H and O–H groups in total. The lowest BCUT2D eigenvalue weighted by Gasteiger charge is -2.37. The van der Waals surface area contributed by atoms with Crippen LogP contribution in [-0.4, -0.2) is 22.3 Å². The van der Waals surface area contributed by atoms with Crippen LogP contribution in [0.25, 0.3) is 0 Å². The Morgan fingerprint density at radius 1 is 1.42 bits per heavy atom. The van der Waals surface area contributed by atoms with E-state index in [1.54, 1.807) is 6.26 Å². The van der Waals surface area contributed by atoms with Crippen LogP contribution in [0.2, 0.25) is 0 Å². The molecule has 0 aromatic heterocycles. The maximum atomic E-state index is 11.4. The molecule has 3 atom stereocenters. The quantitative estimate of drug-likeness (QED) is 0.917. The minimum absolute atomic E-state index is 0.210. The zero-order chi connectivity index (χ0) is 14.0. The molecule has 1 aromatic rings. The van der Waals surface area contributed by atoms with E-state index >= 15 is 0 Å². The van der Waals surface area contributed by atoms with E-state index in [0.717, 1.165) is 13.0 Å². The lowest BCUT2D eigenvalue weighted by atomic mass is 9.71. The van der Waals surface area contributed by atoms with Crippen LogP contribution >= 0.6 is 0 Å². The molecular formula is C16H25NOS. The molecule has 2 nitrogen and oxygen atoms in total. The molecule has 0 radical (unpaired) electrons. The van der Waals surface area contributed by atoms with Gasteiger partial charge in [-0.15, -0.1) is 0 Å². The minimum Gasteiger partial charge on any atom is -0.309 e.